The third-order valence-electron chi connectivity index (χ3n) is 3.81. The Morgan fingerprint density at radius 3 is 2.36 bits per heavy atom. The summed E-state index contributed by atoms with van der Waals surface area (Å²) in [6, 6.07) is 11.7. The van der Waals surface area contributed by atoms with Gasteiger partial charge in [-0.15, -0.1) is 0 Å². The lowest BCUT2D eigenvalue weighted by Gasteiger charge is -2.29. The molecule has 1 unspecified atom stereocenters. The SMILES string of the molecule is CCOC(=O)C(c1cccnc1)N(C)C(=O)[C@H](OC)c1ccccc1. The summed E-state index contributed by atoms with van der Waals surface area (Å²) in [6.07, 6.45) is 2.35. The second-order valence-electron chi connectivity index (χ2n) is 5.42. The maximum absolute atomic E-state index is 13.0. The van der Waals surface area contributed by atoms with Gasteiger partial charge < -0.3 is 14.4 Å². The molecule has 6 heteroatoms. The average Bonchev–Trinajstić information content (AvgIpc) is 2.64. The molecular weight excluding hydrogens is 320 g/mol. The molecule has 0 N–H and O–H groups in total. The van der Waals surface area contributed by atoms with Crippen LogP contribution in [0.4, 0.5) is 0 Å². The molecule has 1 amide bonds. The lowest BCUT2D eigenvalue weighted by atomic mass is 10.0. The highest BCUT2D eigenvalue weighted by Crippen LogP contribution is 2.26. The highest BCUT2D eigenvalue weighted by atomic mass is 16.5. The van der Waals surface area contributed by atoms with Crippen molar-refractivity contribution in [1.82, 2.24) is 9.88 Å². The fourth-order valence-corrected chi connectivity index (χ4v) is 2.60. The fourth-order valence-electron chi connectivity index (χ4n) is 2.60. The van der Waals surface area contributed by atoms with Crippen molar-refractivity contribution in [2.75, 3.05) is 20.8 Å². The van der Waals surface area contributed by atoms with E-state index in [-0.39, 0.29) is 12.5 Å². The monoisotopic (exact) mass is 342 g/mol. The molecule has 0 saturated carbocycles. The first-order chi connectivity index (χ1) is 12.1. The van der Waals surface area contributed by atoms with E-state index in [9.17, 15) is 9.59 Å². The number of likely N-dealkylation sites (N-methyl/N-ethyl adjacent to an activating group) is 1. The standard InChI is InChI=1S/C19H22N2O4/c1-4-25-19(23)16(15-11-8-12-20-13-15)21(2)18(22)17(24-3)14-9-6-5-7-10-14/h5-13,16-17H,4H2,1-3H3/t16?,17-/m1/s1. The maximum atomic E-state index is 13.0. The zero-order chi connectivity index (χ0) is 18.2. The molecule has 0 aliphatic rings. The molecule has 2 aromatic rings. The summed E-state index contributed by atoms with van der Waals surface area (Å²) >= 11 is 0. The van der Waals surface area contributed by atoms with Gasteiger partial charge in [0.25, 0.3) is 5.91 Å². The Bertz CT molecular complexity index is 691. The van der Waals surface area contributed by atoms with Crippen LogP contribution in [0.25, 0.3) is 0 Å². The summed E-state index contributed by atoms with van der Waals surface area (Å²) in [6.45, 7) is 1.95. The summed E-state index contributed by atoms with van der Waals surface area (Å²) in [7, 11) is 3.03. The highest BCUT2D eigenvalue weighted by molar-refractivity contribution is 5.88. The van der Waals surface area contributed by atoms with Crippen LogP contribution in [0, 0.1) is 0 Å². The minimum Gasteiger partial charge on any atom is -0.464 e. The van der Waals surface area contributed by atoms with Gasteiger partial charge in [-0.05, 0) is 18.6 Å². The molecule has 132 valence electrons. The summed E-state index contributed by atoms with van der Waals surface area (Å²) in [5, 5.41) is 0. The van der Waals surface area contributed by atoms with Crippen LogP contribution in [-0.2, 0) is 19.1 Å². The first kappa shape index (κ1) is 18.6. The van der Waals surface area contributed by atoms with Gasteiger partial charge in [0, 0.05) is 32.1 Å². The predicted molar refractivity (Wildman–Crippen MR) is 92.6 cm³/mol. The number of benzene rings is 1. The van der Waals surface area contributed by atoms with Crippen molar-refractivity contribution in [3.8, 4) is 0 Å². The first-order valence-corrected chi connectivity index (χ1v) is 8.01. The van der Waals surface area contributed by atoms with E-state index < -0.39 is 18.1 Å². The molecule has 2 atom stereocenters. The van der Waals surface area contributed by atoms with E-state index in [0.717, 1.165) is 5.56 Å². The summed E-state index contributed by atoms with van der Waals surface area (Å²) in [4.78, 5) is 30.8. The van der Waals surface area contributed by atoms with Crippen molar-refractivity contribution in [2.24, 2.45) is 0 Å². The molecule has 0 aliphatic heterocycles. The van der Waals surface area contributed by atoms with E-state index in [1.165, 1.54) is 12.0 Å². The second-order valence-corrected chi connectivity index (χ2v) is 5.42. The van der Waals surface area contributed by atoms with Crippen LogP contribution in [0.5, 0.6) is 0 Å². The van der Waals surface area contributed by atoms with Crippen molar-refractivity contribution < 1.29 is 19.1 Å². The third kappa shape index (κ3) is 4.42. The zero-order valence-electron chi connectivity index (χ0n) is 14.6. The van der Waals surface area contributed by atoms with Gasteiger partial charge >= 0.3 is 5.97 Å². The molecule has 0 spiro atoms. The number of hydrogen-bond donors (Lipinski definition) is 0. The Kier molecular flexibility index (Phi) is 6.65. The number of carbonyl (C=O) groups is 2. The van der Waals surface area contributed by atoms with Gasteiger partial charge in [0.1, 0.15) is 0 Å². The largest absolute Gasteiger partial charge is 0.464 e. The van der Waals surface area contributed by atoms with Gasteiger partial charge in [-0.1, -0.05) is 36.4 Å². The molecule has 0 saturated heterocycles. The van der Waals surface area contributed by atoms with Crippen LogP contribution in [0.2, 0.25) is 0 Å². The topological polar surface area (TPSA) is 68.7 Å². The van der Waals surface area contributed by atoms with Gasteiger partial charge in [0.05, 0.1) is 6.61 Å². The number of amides is 1. The van der Waals surface area contributed by atoms with E-state index >= 15 is 0 Å². The number of hydrogen-bond acceptors (Lipinski definition) is 5. The summed E-state index contributed by atoms with van der Waals surface area (Å²) < 4.78 is 10.5. The van der Waals surface area contributed by atoms with Crippen LogP contribution in [0.15, 0.2) is 54.9 Å². The molecule has 1 heterocycles. The third-order valence-corrected chi connectivity index (χ3v) is 3.81. The minimum atomic E-state index is -0.887. The summed E-state index contributed by atoms with van der Waals surface area (Å²) in [5.74, 6) is -0.843. The molecular formula is C19H22N2O4. The maximum Gasteiger partial charge on any atom is 0.333 e. The molecule has 2 rings (SSSR count). The Morgan fingerprint density at radius 1 is 1.12 bits per heavy atom. The van der Waals surface area contributed by atoms with E-state index in [1.54, 1.807) is 38.5 Å². The predicted octanol–water partition coefficient (Wildman–Crippen LogP) is 2.53. The van der Waals surface area contributed by atoms with Crippen molar-refractivity contribution in [3.63, 3.8) is 0 Å². The molecule has 0 bridgehead atoms. The van der Waals surface area contributed by atoms with Crippen molar-refractivity contribution >= 4 is 11.9 Å². The smallest absolute Gasteiger partial charge is 0.333 e. The molecule has 25 heavy (non-hydrogen) atoms. The molecule has 1 aromatic carbocycles. The normalized spacial score (nSPS) is 12.9. The Hall–Kier alpha value is -2.73. The van der Waals surface area contributed by atoms with Gasteiger partial charge in [0.2, 0.25) is 0 Å². The molecule has 0 fully saturated rings. The van der Waals surface area contributed by atoms with E-state index in [2.05, 4.69) is 4.98 Å². The van der Waals surface area contributed by atoms with E-state index in [0.29, 0.717) is 5.56 Å². The van der Waals surface area contributed by atoms with Crippen LogP contribution in [0.3, 0.4) is 0 Å². The molecule has 0 radical (unpaired) electrons. The van der Waals surface area contributed by atoms with Gasteiger partial charge in [-0.2, -0.15) is 0 Å². The van der Waals surface area contributed by atoms with Crippen LogP contribution >= 0.6 is 0 Å². The zero-order valence-corrected chi connectivity index (χ0v) is 14.6. The fraction of sp³-hybridized carbons (Fsp3) is 0.316. The molecule has 0 aliphatic carbocycles. The minimum absolute atomic E-state index is 0.226. The number of ether oxygens (including phenoxy) is 2. The lowest BCUT2D eigenvalue weighted by Crippen LogP contribution is -2.40. The number of pyridine rings is 1. The van der Waals surface area contributed by atoms with Crippen LogP contribution in [-0.4, -0.2) is 42.5 Å². The number of rotatable bonds is 7. The van der Waals surface area contributed by atoms with E-state index in [1.807, 2.05) is 30.3 Å². The molecule has 6 nitrogen and oxygen atoms in total. The Labute approximate surface area is 147 Å². The molecule has 1 aromatic heterocycles. The summed E-state index contributed by atoms with van der Waals surface area (Å²) in [5.41, 5.74) is 1.30. The number of esters is 1. The number of carbonyl (C=O) groups excluding carboxylic acids is 2. The lowest BCUT2D eigenvalue weighted by molar-refractivity contribution is -0.158. The van der Waals surface area contributed by atoms with Gasteiger partial charge in [0.15, 0.2) is 12.1 Å². The van der Waals surface area contributed by atoms with Crippen molar-refractivity contribution in [2.45, 2.75) is 19.1 Å². The van der Waals surface area contributed by atoms with Crippen molar-refractivity contribution in [3.05, 3.63) is 66.0 Å². The number of methoxy groups -OCH3 is 1. The number of nitrogens with zero attached hydrogens (tertiary/aromatic N) is 2. The van der Waals surface area contributed by atoms with Crippen LogP contribution < -0.4 is 0 Å². The second kappa shape index (κ2) is 8.94. The van der Waals surface area contributed by atoms with Gasteiger partial charge in [-0.3, -0.25) is 9.78 Å². The number of aromatic nitrogens is 1. The average molecular weight is 342 g/mol. The Morgan fingerprint density at radius 2 is 1.80 bits per heavy atom. The quantitative estimate of drug-likeness (QED) is 0.723. The first-order valence-electron chi connectivity index (χ1n) is 8.01. The van der Waals surface area contributed by atoms with Gasteiger partial charge in [-0.25, -0.2) is 4.79 Å². The Balaban J connectivity index is 2.33. The van der Waals surface area contributed by atoms with Crippen LogP contribution in [0.1, 0.15) is 30.2 Å². The van der Waals surface area contributed by atoms with Crippen molar-refractivity contribution in [1.29, 1.82) is 0 Å². The van der Waals surface area contributed by atoms with E-state index in [4.69, 9.17) is 9.47 Å². The highest BCUT2D eigenvalue weighted by Gasteiger charge is 2.34.